The standard InChI is InChI=1S/C9H11N.C2H6/c1-7-5-6-8-3-2-4-9(8)10-7;1-2/h5-6H,2-4H2,1H3;1-2H3. The molecule has 12 heavy (non-hydrogen) atoms. The molecule has 0 saturated heterocycles. The molecule has 1 heteroatoms. The Hall–Kier alpha value is -0.850. The molecule has 1 aliphatic rings. The normalized spacial score (nSPS) is 13.2. The summed E-state index contributed by atoms with van der Waals surface area (Å²) in [6, 6.07) is 4.31. The van der Waals surface area contributed by atoms with Crippen molar-refractivity contribution in [1.29, 1.82) is 0 Å². The van der Waals surface area contributed by atoms with E-state index in [4.69, 9.17) is 0 Å². The van der Waals surface area contributed by atoms with Gasteiger partial charge < -0.3 is 0 Å². The van der Waals surface area contributed by atoms with E-state index in [0.29, 0.717) is 0 Å². The van der Waals surface area contributed by atoms with Crippen LogP contribution in [0.5, 0.6) is 0 Å². The number of pyridine rings is 1. The number of fused-ring (bicyclic) bond motifs is 1. The predicted molar refractivity (Wildman–Crippen MR) is 52.3 cm³/mol. The van der Waals surface area contributed by atoms with Crippen molar-refractivity contribution in [2.24, 2.45) is 0 Å². The Bertz CT molecular complexity index is 253. The Kier molecular flexibility index (Phi) is 3.27. The van der Waals surface area contributed by atoms with Gasteiger partial charge >= 0.3 is 0 Å². The molecule has 0 unspecified atom stereocenters. The molecule has 0 bridgehead atoms. The molecule has 0 N–H and O–H groups in total. The van der Waals surface area contributed by atoms with E-state index >= 15 is 0 Å². The van der Waals surface area contributed by atoms with Gasteiger partial charge in [-0.3, -0.25) is 4.98 Å². The lowest BCUT2D eigenvalue weighted by atomic mass is 10.2. The maximum atomic E-state index is 4.45. The molecule has 1 heterocycles. The molecule has 0 aliphatic heterocycles. The van der Waals surface area contributed by atoms with Crippen LogP contribution in [0.4, 0.5) is 0 Å². The molecule has 0 radical (unpaired) electrons. The monoisotopic (exact) mass is 163 g/mol. The average Bonchev–Trinajstić information content (AvgIpc) is 2.54. The summed E-state index contributed by atoms with van der Waals surface area (Å²) in [7, 11) is 0. The van der Waals surface area contributed by atoms with Gasteiger partial charge in [-0.25, -0.2) is 0 Å². The Balaban J connectivity index is 0.000000336. The van der Waals surface area contributed by atoms with Crippen LogP contribution in [0.25, 0.3) is 0 Å². The van der Waals surface area contributed by atoms with Crippen molar-refractivity contribution in [3.63, 3.8) is 0 Å². The highest BCUT2D eigenvalue weighted by atomic mass is 14.7. The number of nitrogens with zero attached hydrogens (tertiary/aromatic N) is 1. The summed E-state index contributed by atoms with van der Waals surface area (Å²) in [6.45, 7) is 6.05. The maximum Gasteiger partial charge on any atom is 0.0438 e. The van der Waals surface area contributed by atoms with Crippen LogP contribution in [-0.2, 0) is 12.8 Å². The summed E-state index contributed by atoms with van der Waals surface area (Å²) < 4.78 is 0. The highest BCUT2D eigenvalue weighted by Crippen LogP contribution is 2.19. The third kappa shape index (κ3) is 1.84. The van der Waals surface area contributed by atoms with Crippen molar-refractivity contribution in [2.45, 2.75) is 40.0 Å². The molecule has 1 aromatic heterocycles. The summed E-state index contributed by atoms with van der Waals surface area (Å²) in [6.07, 6.45) is 3.73. The van der Waals surface area contributed by atoms with Crippen molar-refractivity contribution >= 4 is 0 Å². The number of hydrogen-bond acceptors (Lipinski definition) is 1. The summed E-state index contributed by atoms with van der Waals surface area (Å²) in [5.41, 5.74) is 3.95. The molecular formula is C11H17N. The molecule has 1 nitrogen and oxygen atoms in total. The van der Waals surface area contributed by atoms with Crippen molar-refractivity contribution in [3.05, 3.63) is 29.1 Å². The van der Waals surface area contributed by atoms with E-state index in [1.165, 1.54) is 30.5 Å². The largest absolute Gasteiger partial charge is 0.258 e. The van der Waals surface area contributed by atoms with E-state index in [1.807, 2.05) is 13.8 Å². The van der Waals surface area contributed by atoms with E-state index in [-0.39, 0.29) is 0 Å². The highest BCUT2D eigenvalue weighted by Gasteiger charge is 2.10. The second-order valence-electron chi connectivity index (χ2n) is 2.91. The van der Waals surface area contributed by atoms with Crippen LogP contribution < -0.4 is 0 Å². The minimum absolute atomic E-state index is 1.15. The Morgan fingerprint density at radius 2 is 1.92 bits per heavy atom. The molecule has 0 amide bonds. The lowest BCUT2D eigenvalue weighted by Gasteiger charge is -1.97. The van der Waals surface area contributed by atoms with Crippen LogP contribution in [0.15, 0.2) is 12.1 Å². The quantitative estimate of drug-likeness (QED) is 0.573. The highest BCUT2D eigenvalue weighted by molar-refractivity contribution is 5.26. The first-order valence-electron chi connectivity index (χ1n) is 4.82. The molecule has 2 rings (SSSR count). The van der Waals surface area contributed by atoms with Crippen molar-refractivity contribution in [2.75, 3.05) is 0 Å². The van der Waals surface area contributed by atoms with Gasteiger partial charge in [0.1, 0.15) is 0 Å². The topological polar surface area (TPSA) is 12.9 Å². The van der Waals surface area contributed by atoms with Crippen molar-refractivity contribution in [3.8, 4) is 0 Å². The van der Waals surface area contributed by atoms with Gasteiger partial charge in [0.25, 0.3) is 0 Å². The summed E-state index contributed by atoms with van der Waals surface area (Å²) >= 11 is 0. The predicted octanol–water partition coefficient (Wildman–Crippen LogP) is 2.90. The van der Waals surface area contributed by atoms with E-state index in [1.54, 1.807) is 0 Å². The summed E-state index contributed by atoms with van der Waals surface area (Å²) in [4.78, 5) is 4.45. The van der Waals surface area contributed by atoms with Gasteiger partial charge in [0.05, 0.1) is 0 Å². The zero-order valence-corrected chi connectivity index (χ0v) is 8.22. The fourth-order valence-electron chi connectivity index (χ4n) is 1.53. The second kappa shape index (κ2) is 4.24. The lowest BCUT2D eigenvalue weighted by molar-refractivity contribution is 0.897. The molecule has 66 valence electrons. The van der Waals surface area contributed by atoms with Crippen LogP contribution in [0.3, 0.4) is 0 Å². The third-order valence-electron chi connectivity index (χ3n) is 2.07. The molecule has 0 spiro atoms. The van der Waals surface area contributed by atoms with E-state index < -0.39 is 0 Å². The third-order valence-corrected chi connectivity index (χ3v) is 2.07. The molecule has 0 aromatic carbocycles. The van der Waals surface area contributed by atoms with Gasteiger partial charge in [0.15, 0.2) is 0 Å². The van der Waals surface area contributed by atoms with Gasteiger partial charge in [0, 0.05) is 11.4 Å². The van der Waals surface area contributed by atoms with Gasteiger partial charge in [-0.15, -0.1) is 0 Å². The SMILES string of the molecule is CC.Cc1ccc2c(n1)CCC2. The first-order valence-corrected chi connectivity index (χ1v) is 4.82. The van der Waals surface area contributed by atoms with E-state index in [2.05, 4.69) is 24.0 Å². The minimum atomic E-state index is 1.15. The van der Waals surface area contributed by atoms with Crippen LogP contribution in [0.2, 0.25) is 0 Å². The number of rotatable bonds is 0. The van der Waals surface area contributed by atoms with Crippen LogP contribution in [0.1, 0.15) is 37.2 Å². The summed E-state index contributed by atoms with van der Waals surface area (Å²) in [5, 5.41) is 0. The zero-order valence-electron chi connectivity index (χ0n) is 8.22. The van der Waals surface area contributed by atoms with E-state index in [0.717, 1.165) is 5.69 Å². The Morgan fingerprint density at radius 3 is 2.67 bits per heavy atom. The molecular weight excluding hydrogens is 146 g/mol. The zero-order chi connectivity index (χ0) is 8.97. The molecule has 1 aromatic rings. The molecule has 0 fully saturated rings. The van der Waals surface area contributed by atoms with Crippen molar-refractivity contribution < 1.29 is 0 Å². The first kappa shape index (κ1) is 9.24. The van der Waals surface area contributed by atoms with Gasteiger partial charge in [-0.05, 0) is 37.8 Å². The summed E-state index contributed by atoms with van der Waals surface area (Å²) in [5.74, 6) is 0. The van der Waals surface area contributed by atoms with E-state index in [9.17, 15) is 0 Å². The first-order chi connectivity index (χ1) is 5.86. The lowest BCUT2D eigenvalue weighted by Crippen LogP contribution is -1.89. The second-order valence-corrected chi connectivity index (χ2v) is 2.91. The molecule has 0 atom stereocenters. The van der Waals surface area contributed by atoms with Crippen LogP contribution >= 0.6 is 0 Å². The fraction of sp³-hybridized carbons (Fsp3) is 0.545. The number of aryl methyl sites for hydroxylation is 3. The van der Waals surface area contributed by atoms with Crippen LogP contribution in [-0.4, -0.2) is 4.98 Å². The van der Waals surface area contributed by atoms with Gasteiger partial charge in [-0.1, -0.05) is 19.9 Å². The number of hydrogen-bond donors (Lipinski definition) is 0. The Morgan fingerprint density at radius 1 is 1.17 bits per heavy atom. The maximum absolute atomic E-state index is 4.45. The number of aromatic nitrogens is 1. The smallest absolute Gasteiger partial charge is 0.0438 e. The fourth-order valence-corrected chi connectivity index (χ4v) is 1.53. The van der Waals surface area contributed by atoms with Crippen LogP contribution in [0, 0.1) is 6.92 Å². The Labute approximate surface area is 74.8 Å². The minimum Gasteiger partial charge on any atom is -0.258 e. The molecule has 0 saturated carbocycles. The van der Waals surface area contributed by atoms with Gasteiger partial charge in [0.2, 0.25) is 0 Å². The van der Waals surface area contributed by atoms with Crippen molar-refractivity contribution in [1.82, 2.24) is 4.98 Å². The molecule has 1 aliphatic carbocycles. The van der Waals surface area contributed by atoms with Gasteiger partial charge in [-0.2, -0.15) is 0 Å². The average molecular weight is 163 g/mol.